The number of carbonyl (C=O) groups excluding carboxylic acids is 1. The lowest BCUT2D eigenvalue weighted by molar-refractivity contribution is -0.384. The van der Waals surface area contributed by atoms with E-state index < -0.39 is 4.92 Å². The highest BCUT2D eigenvalue weighted by Gasteiger charge is 2.28. The third kappa shape index (κ3) is 3.69. The zero-order valence-electron chi connectivity index (χ0n) is 17.4. The van der Waals surface area contributed by atoms with E-state index in [0.717, 1.165) is 17.2 Å². The van der Waals surface area contributed by atoms with E-state index in [9.17, 15) is 14.9 Å². The average molecular weight is 434 g/mol. The van der Waals surface area contributed by atoms with Crippen molar-refractivity contribution in [2.45, 2.75) is 13.1 Å². The van der Waals surface area contributed by atoms with E-state index in [-0.39, 0.29) is 11.6 Å². The maximum absolute atomic E-state index is 12.8. The van der Waals surface area contributed by atoms with Gasteiger partial charge in [0.2, 0.25) is 0 Å². The number of ether oxygens (including phenoxy) is 1. The maximum atomic E-state index is 12.8. The Morgan fingerprint density at radius 1 is 1.00 bits per heavy atom. The normalized spacial score (nSPS) is 16.0. The minimum atomic E-state index is -0.430. The van der Waals surface area contributed by atoms with Crippen LogP contribution < -0.4 is 4.90 Å². The van der Waals surface area contributed by atoms with Gasteiger partial charge in [-0.3, -0.25) is 14.9 Å². The van der Waals surface area contributed by atoms with Gasteiger partial charge in [0.25, 0.3) is 11.6 Å². The second kappa shape index (κ2) is 8.39. The number of rotatable bonds is 4. The Hall–Kier alpha value is -3.79. The van der Waals surface area contributed by atoms with Crippen molar-refractivity contribution in [1.29, 1.82) is 0 Å². The molecule has 0 atom stereocenters. The molecule has 10 heteroatoms. The van der Waals surface area contributed by atoms with Crippen molar-refractivity contribution in [3.8, 4) is 11.4 Å². The second-order valence-corrected chi connectivity index (χ2v) is 7.74. The zero-order valence-corrected chi connectivity index (χ0v) is 17.4. The van der Waals surface area contributed by atoms with Crippen LogP contribution in [0.25, 0.3) is 11.4 Å². The molecule has 32 heavy (non-hydrogen) atoms. The van der Waals surface area contributed by atoms with E-state index in [1.165, 1.54) is 6.07 Å². The summed E-state index contributed by atoms with van der Waals surface area (Å²) < 4.78 is 7.33. The topological polar surface area (TPSA) is 107 Å². The Labute approximate surface area is 184 Å². The Morgan fingerprint density at radius 3 is 2.53 bits per heavy atom. The van der Waals surface area contributed by atoms with Crippen molar-refractivity contribution in [3.05, 3.63) is 70.0 Å². The van der Waals surface area contributed by atoms with Crippen LogP contribution in [0.4, 0.5) is 11.4 Å². The number of hydrogen-bond donors (Lipinski definition) is 0. The van der Waals surface area contributed by atoms with Gasteiger partial charge in [-0.2, -0.15) is 0 Å². The van der Waals surface area contributed by atoms with Crippen LogP contribution in [0.3, 0.4) is 0 Å². The summed E-state index contributed by atoms with van der Waals surface area (Å²) in [6, 6.07) is 14.5. The first-order chi connectivity index (χ1) is 15.6. The molecule has 0 N–H and O–H groups in total. The summed E-state index contributed by atoms with van der Waals surface area (Å²) in [5.74, 6) is 1.33. The van der Waals surface area contributed by atoms with Gasteiger partial charge >= 0.3 is 0 Å². The molecule has 1 amide bonds. The number of hydrogen-bond acceptors (Lipinski definition) is 7. The quantitative estimate of drug-likeness (QED) is 0.458. The summed E-state index contributed by atoms with van der Waals surface area (Å²) in [6.07, 6.45) is 0. The van der Waals surface area contributed by atoms with Crippen LogP contribution in [0.5, 0.6) is 0 Å². The summed E-state index contributed by atoms with van der Waals surface area (Å²) in [7, 11) is 0. The van der Waals surface area contributed by atoms with Gasteiger partial charge in [0.1, 0.15) is 5.69 Å². The predicted octanol–water partition coefficient (Wildman–Crippen LogP) is 2.35. The van der Waals surface area contributed by atoms with Crippen molar-refractivity contribution in [2.75, 3.05) is 37.7 Å². The van der Waals surface area contributed by atoms with Crippen molar-refractivity contribution < 1.29 is 14.5 Å². The molecule has 2 aromatic carbocycles. The molecule has 3 aromatic rings. The number of benzene rings is 2. The fourth-order valence-electron chi connectivity index (χ4n) is 4.18. The van der Waals surface area contributed by atoms with Gasteiger partial charge in [-0.25, -0.2) is 0 Å². The van der Waals surface area contributed by atoms with Crippen molar-refractivity contribution in [2.24, 2.45) is 0 Å². The fraction of sp³-hybridized carbons (Fsp3) is 0.318. The van der Waals surface area contributed by atoms with E-state index in [1.807, 2.05) is 39.8 Å². The number of amides is 1. The van der Waals surface area contributed by atoms with Crippen LogP contribution in [0.2, 0.25) is 0 Å². The summed E-state index contributed by atoms with van der Waals surface area (Å²) in [5.41, 5.74) is 1.69. The molecule has 0 bridgehead atoms. The van der Waals surface area contributed by atoms with Crippen LogP contribution in [0.1, 0.15) is 16.2 Å². The first-order valence-electron chi connectivity index (χ1n) is 10.5. The SMILES string of the molecule is O=C(c1ccc(N2CCn3c(nnc3-c3ccccc3)C2)c([N+](=O)[O-])c1)N1CCOCC1. The standard InChI is InChI=1S/C22H22N6O4/c29-22(25-10-12-32-13-11-25)17-6-7-18(19(14-17)28(30)31)26-8-9-27-20(15-26)23-24-21(27)16-4-2-1-3-5-16/h1-7,14H,8-13,15H2. The molecular weight excluding hydrogens is 412 g/mol. The van der Waals surface area contributed by atoms with Crippen molar-refractivity contribution in [3.63, 3.8) is 0 Å². The van der Waals surface area contributed by atoms with E-state index in [4.69, 9.17) is 4.74 Å². The molecule has 1 aromatic heterocycles. The van der Waals surface area contributed by atoms with Gasteiger partial charge in [0.15, 0.2) is 11.6 Å². The Morgan fingerprint density at radius 2 is 1.78 bits per heavy atom. The van der Waals surface area contributed by atoms with Crippen LogP contribution in [0, 0.1) is 10.1 Å². The largest absolute Gasteiger partial charge is 0.378 e. The smallest absolute Gasteiger partial charge is 0.293 e. The third-order valence-corrected chi connectivity index (χ3v) is 5.84. The maximum Gasteiger partial charge on any atom is 0.293 e. The molecule has 5 rings (SSSR count). The number of fused-ring (bicyclic) bond motifs is 1. The lowest BCUT2D eigenvalue weighted by Crippen LogP contribution is -2.40. The second-order valence-electron chi connectivity index (χ2n) is 7.74. The Bertz CT molecular complexity index is 1160. The van der Waals surface area contributed by atoms with Crippen LogP contribution in [-0.2, 0) is 17.8 Å². The van der Waals surface area contributed by atoms with E-state index in [0.29, 0.717) is 57.2 Å². The van der Waals surface area contributed by atoms with Crippen LogP contribution in [0.15, 0.2) is 48.5 Å². The van der Waals surface area contributed by atoms with Gasteiger partial charge in [-0.05, 0) is 12.1 Å². The number of nitro groups is 1. The molecule has 1 saturated heterocycles. The van der Waals surface area contributed by atoms with E-state index >= 15 is 0 Å². The van der Waals surface area contributed by atoms with Gasteiger partial charge in [0, 0.05) is 43.4 Å². The lowest BCUT2D eigenvalue weighted by Gasteiger charge is -2.30. The first kappa shape index (κ1) is 20.1. The van der Waals surface area contributed by atoms with Gasteiger partial charge in [-0.15, -0.1) is 10.2 Å². The highest BCUT2D eigenvalue weighted by atomic mass is 16.6. The van der Waals surface area contributed by atoms with Crippen LogP contribution >= 0.6 is 0 Å². The van der Waals surface area contributed by atoms with Crippen molar-refractivity contribution in [1.82, 2.24) is 19.7 Å². The molecule has 0 spiro atoms. The average Bonchev–Trinajstić information content (AvgIpc) is 3.27. The zero-order chi connectivity index (χ0) is 22.1. The number of nitrogens with zero attached hydrogens (tertiary/aromatic N) is 6. The third-order valence-electron chi connectivity index (χ3n) is 5.84. The van der Waals surface area contributed by atoms with E-state index in [1.54, 1.807) is 17.0 Å². The summed E-state index contributed by atoms with van der Waals surface area (Å²) in [6.45, 7) is 3.51. The minimum absolute atomic E-state index is 0.0830. The number of carbonyl (C=O) groups is 1. The molecule has 2 aliphatic rings. The number of morpholine rings is 1. The van der Waals surface area contributed by atoms with Gasteiger partial charge < -0.3 is 19.1 Å². The van der Waals surface area contributed by atoms with Gasteiger partial charge in [-0.1, -0.05) is 30.3 Å². The monoisotopic (exact) mass is 434 g/mol. The summed E-state index contributed by atoms with van der Waals surface area (Å²) in [4.78, 5) is 27.8. The molecule has 0 aliphatic carbocycles. The minimum Gasteiger partial charge on any atom is -0.378 e. The molecule has 2 aliphatic heterocycles. The molecule has 0 saturated carbocycles. The summed E-state index contributed by atoms with van der Waals surface area (Å²) >= 11 is 0. The highest BCUT2D eigenvalue weighted by molar-refractivity contribution is 5.96. The van der Waals surface area contributed by atoms with Crippen LogP contribution in [-0.4, -0.2) is 63.3 Å². The molecular formula is C22H22N6O4. The highest BCUT2D eigenvalue weighted by Crippen LogP contribution is 2.33. The first-order valence-corrected chi connectivity index (χ1v) is 10.5. The fourth-order valence-corrected chi connectivity index (χ4v) is 4.18. The Balaban J connectivity index is 1.41. The molecule has 3 heterocycles. The molecule has 164 valence electrons. The Kier molecular flexibility index (Phi) is 5.28. The molecule has 10 nitrogen and oxygen atoms in total. The summed E-state index contributed by atoms with van der Waals surface area (Å²) in [5, 5.41) is 20.5. The number of anilines is 1. The predicted molar refractivity (Wildman–Crippen MR) is 116 cm³/mol. The number of nitro benzene ring substituents is 1. The van der Waals surface area contributed by atoms with Crippen molar-refractivity contribution >= 4 is 17.3 Å². The molecule has 0 radical (unpaired) electrons. The lowest BCUT2D eigenvalue weighted by atomic mass is 10.1. The van der Waals surface area contributed by atoms with E-state index in [2.05, 4.69) is 10.2 Å². The van der Waals surface area contributed by atoms with Gasteiger partial charge in [0.05, 0.1) is 24.7 Å². The molecule has 1 fully saturated rings. The number of aromatic nitrogens is 3. The molecule has 0 unspecified atom stereocenters.